The molecule has 0 saturated heterocycles. The Balaban J connectivity index is 2.69. The fraction of sp³-hybridized carbons (Fsp3) is 0.588. The molecule has 1 aromatic rings. The van der Waals surface area contributed by atoms with Crippen molar-refractivity contribution in [3.63, 3.8) is 0 Å². The molecule has 0 saturated carbocycles. The van der Waals surface area contributed by atoms with E-state index in [-0.39, 0.29) is 0 Å². The van der Waals surface area contributed by atoms with Crippen molar-refractivity contribution >= 4 is 6.47 Å². The molecule has 2 nitrogen and oxygen atoms in total. The lowest BCUT2D eigenvalue weighted by Crippen LogP contribution is -1.97. The highest BCUT2D eigenvalue weighted by Crippen LogP contribution is 2.23. The summed E-state index contributed by atoms with van der Waals surface area (Å²) in [5.41, 5.74) is 2.53. The molecule has 0 spiro atoms. The molecule has 0 fully saturated rings. The molecule has 0 unspecified atom stereocenters. The molecule has 0 amide bonds. The van der Waals surface area contributed by atoms with Gasteiger partial charge in [-0.25, -0.2) is 0 Å². The van der Waals surface area contributed by atoms with E-state index in [2.05, 4.69) is 26.0 Å². The minimum Gasteiger partial charge on any atom is -0.428 e. The van der Waals surface area contributed by atoms with Crippen LogP contribution in [0, 0.1) is 0 Å². The third-order valence-electron chi connectivity index (χ3n) is 3.42. The molecular weight excluding hydrogens is 236 g/mol. The maximum absolute atomic E-state index is 10.5. The zero-order valence-electron chi connectivity index (χ0n) is 12.3. The third kappa shape index (κ3) is 5.91. The van der Waals surface area contributed by atoms with Crippen molar-refractivity contribution in [3.05, 3.63) is 29.3 Å². The van der Waals surface area contributed by atoms with Crippen LogP contribution in [0.15, 0.2) is 18.2 Å². The Morgan fingerprint density at radius 3 is 2.32 bits per heavy atom. The molecule has 1 aromatic carbocycles. The average Bonchev–Trinajstić information content (AvgIpc) is 2.42. The van der Waals surface area contributed by atoms with Gasteiger partial charge in [0.15, 0.2) is 0 Å². The lowest BCUT2D eigenvalue weighted by Gasteiger charge is -2.10. The molecule has 106 valence electrons. The number of carbonyl (C=O) groups excluding carboxylic acids is 1. The van der Waals surface area contributed by atoms with Gasteiger partial charge in [-0.15, -0.1) is 0 Å². The summed E-state index contributed by atoms with van der Waals surface area (Å²) in [6, 6.07) is 6.24. The number of hydrogen-bond donors (Lipinski definition) is 0. The van der Waals surface area contributed by atoms with Crippen LogP contribution in [-0.4, -0.2) is 6.47 Å². The molecule has 0 heterocycles. The summed E-state index contributed by atoms with van der Waals surface area (Å²) in [7, 11) is 0. The van der Waals surface area contributed by atoms with Crippen LogP contribution in [-0.2, 0) is 17.6 Å². The minimum atomic E-state index is 0.523. The Hall–Kier alpha value is -1.31. The standard InChI is InChI=1S/C17H26O2/c1-3-5-7-9-15-11-12-17(19-14-18)16(13-15)10-8-6-4-2/h11-14H,3-10H2,1-2H3. The van der Waals surface area contributed by atoms with E-state index in [0.29, 0.717) is 6.47 Å². The van der Waals surface area contributed by atoms with E-state index in [0.717, 1.165) is 25.0 Å². The van der Waals surface area contributed by atoms with Gasteiger partial charge in [0, 0.05) is 0 Å². The number of ether oxygens (including phenoxy) is 1. The predicted octanol–water partition coefficient (Wildman–Crippen LogP) is 4.69. The van der Waals surface area contributed by atoms with Gasteiger partial charge < -0.3 is 4.74 Å². The molecule has 1 rings (SSSR count). The second kappa shape index (κ2) is 9.60. The topological polar surface area (TPSA) is 26.3 Å². The lowest BCUT2D eigenvalue weighted by molar-refractivity contribution is -0.120. The fourth-order valence-corrected chi connectivity index (χ4v) is 2.30. The van der Waals surface area contributed by atoms with Gasteiger partial charge in [-0.2, -0.15) is 0 Å². The Labute approximate surface area is 117 Å². The maximum atomic E-state index is 10.5. The van der Waals surface area contributed by atoms with Crippen LogP contribution in [0.2, 0.25) is 0 Å². The first-order valence-electron chi connectivity index (χ1n) is 7.53. The first kappa shape index (κ1) is 15.7. The van der Waals surface area contributed by atoms with Crippen LogP contribution in [0.1, 0.15) is 63.5 Å². The fourth-order valence-electron chi connectivity index (χ4n) is 2.30. The molecule has 2 heteroatoms. The van der Waals surface area contributed by atoms with Crippen LogP contribution in [0.3, 0.4) is 0 Å². The Bertz CT molecular complexity index is 372. The van der Waals surface area contributed by atoms with Crippen molar-refractivity contribution in [2.75, 3.05) is 0 Å². The highest BCUT2D eigenvalue weighted by atomic mass is 16.5. The molecule has 0 atom stereocenters. The number of benzene rings is 1. The van der Waals surface area contributed by atoms with Crippen LogP contribution in [0.4, 0.5) is 0 Å². The Morgan fingerprint density at radius 1 is 1.00 bits per heavy atom. The molecule has 0 radical (unpaired) electrons. The average molecular weight is 262 g/mol. The van der Waals surface area contributed by atoms with Gasteiger partial charge in [0.25, 0.3) is 6.47 Å². The third-order valence-corrected chi connectivity index (χ3v) is 3.42. The van der Waals surface area contributed by atoms with E-state index in [1.807, 2.05) is 6.07 Å². The second-order valence-corrected chi connectivity index (χ2v) is 5.07. The quantitative estimate of drug-likeness (QED) is 0.452. The summed E-state index contributed by atoms with van der Waals surface area (Å²) in [6.07, 6.45) is 9.46. The van der Waals surface area contributed by atoms with Crippen LogP contribution in [0.25, 0.3) is 0 Å². The van der Waals surface area contributed by atoms with E-state index in [9.17, 15) is 4.79 Å². The number of carbonyl (C=O) groups is 1. The van der Waals surface area contributed by atoms with Gasteiger partial charge in [-0.3, -0.25) is 4.79 Å². The van der Waals surface area contributed by atoms with Crippen molar-refractivity contribution < 1.29 is 9.53 Å². The molecule has 0 aliphatic heterocycles. The van der Waals surface area contributed by atoms with Crippen LogP contribution < -0.4 is 4.74 Å². The predicted molar refractivity (Wildman–Crippen MR) is 79.6 cm³/mol. The zero-order chi connectivity index (χ0) is 13.9. The van der Waals surface area contributed by atoms with E-state index in [4.69, 9.17) is 4.74 Å². The van der Waals surface area contributed by atoms with Crippen molar-refractivity contribution in [1.82, 2.24) is 0 Å². The molecular formula is C17H26O2. The van der Waals surface area contributed by atoms with Gasteiger partial charge in [0.2, 0.25) is 0 Å². The highest BCUT2D eigenvalue weighted by molar-refractivity contribution is 5.49. The summed E-state index contributed by atoms with van der Waals surface area (Å²) < 4.78 is 5.07. The number of hydrogen-bond acceptors (Lipinski definition) is 2. The van der Waals surface area contributed by atoms with Gasteiger partial charge in [-0.05, 0) is 42.9 Å². The second-order valence-electron chi connectivity index (χ2n) is 5.07. The lowest BCUT2D eigenvalue weighted by atomic mass is 10.0. The van der Waals surface area contributed by atoms with Gasteiger partial charge >= 0.3 is 0 Å². The summed E-state index contributed by atoms with van der Waals surface area (Å²) in [6.45, 7) is 4.94. The number of unbranched alkanes of at least 4 members (excludes halogenated alkanes) is 4. The summed E-state index contributed by atoms with van der Waals surface area (Å²) in [4.78, 5) is 10.5. The maximum Gasteiger partial charge on any atom is 0.298 e. The van der Waals surface area contributed by atoms with Crippen molar-refractivity contribution in [2.24, 2.45) is 0 Å². The number of rotatable bonds is 10. The largest absolute Gasteiger partial charge is 0.428 e. The Kier molecular flexibility index (Phi) is 7.95. The smallest absolute Gasteiger partial charge is 0.298 e. The van der Waals surface area contributed by atoms with E-state index >= 15 is 0 Å². The van der Waals surface area contributed by atoms with E-state index < -0.39 is 0 Å². The summed E-state index contributed by atoms with van der Waals surface area (Å²) in [5.74, 6) is 0.727. The van der Waals surface area contributed by atoms with Crippen LogP contribution in [0.5, 0.6) is 5.75 Å². The molecule has 0 N–H and O–H groups in total. The first-order valence-corrected chi connectivity index (χ1v) is 7.53. The van der Waals surface area contributed by atoms with Crippen molar-refractivity contribution in [3.8, 4) is 5.75 Å². The molecule has 19 heavy (non-hydrogen) atoms. The summed E-state index contributed by atoms with van der Waals surface area (Å²) >= 11 is 0. The number of aryl methyl sites for hydroxylation is 2. The Morgan fingerprint density at radius 2 is 1.68 bits per heavy atom. The summed E-state index contributed by atoms with van der Waals surface area (Å²) in [5, 5.41) is 0. The van der Waals surface area contributed by atoms with Gasteiger partial charge in [0.05, 0.1) is 0 Å². The van der Waals surface area contributed by atoms with E-state index in [1.165, 1.54) is 43.2 Å². The molecule has 0 bridgehead atoms. The van der Waals surface area contributed by atoms with Gasteiger partial charge in [-0.1, -0.05) is 51.7 Å². The van der Waals surface area contributed by atoms with Gasteiger partial charge in [0.1, 0.15) is 5.75 Å². The van der Waals surface area contributed by atoms with Crippen molar-refractivity contribution in [1.29, 1.82) is 0 Å². The highest BCUT2D eigenvalue weighted by Gasteiger charge is 2.05. The normalized spacial score (nSPS) is 10.4. The zero-order valence-corrected chi connectivity index (χ0v) is 12.3. The minimum absolute atomic E-state index is 0.523. The molecule has 0 aliphatic rings. The van der Waals surface area contributed by atoms with Crippen molar-refractivity contribution in [2.45, 2.75) is 65.2 Å². The molecule has 0 aliphatic carbocycles. The van der Waals surface area contributed by atoms with Crippen LogP contribution >= 0.6 is 0 Å². The SMILES string of the molecule is CCCCCc1ccc(OC=O)c(CCCCC)c1. The monoisotopic (exact) mass is 262 g/mol. The molecule has 0 aromatic heterocycles. The van der Waals surface area contributed by atoms with E-state index in [1.54, 1.807) is 0 Å². The first-order chi connectivity index (χ1) is 9.31.